The lowest BCUT2D eigenvalue weighted by Crippen LogP contribution is -2.57. The number of aliphatic imine (C=N–C) groups is 1. The molecule has 184 valence electrons. The molecule has 0 bridgehead atoms. The number of aryl methyl sites for hydroxylation is 1. The van der Waals surface area contributed by atoms with Gasteiger partial charge in [0.15, 0.2) is 0 Å². The molecule has 1 atom stereocenters. The number of rotatable bonds is 4. The Bertz CT molecular complexity index is 1190. The first-order valence-electron chi connectivity index (χ1n) is 12.9. The van der Waals surface area contributed by atoms with Crippen molar-refractivity contribution >= 4 is 11.6 Å². The van der Waals surface area contributed by atoms with Crippen LogP contribution in [0.5, 0.6) is 0 Å². The number of halogens is 2. The smallest absolute Gasteiger partial charge is 0.262 e. The lowest BCUT2D eigenvalue weighted by atomic mass is 9.89. The molecule has 1 aromatic carbocycles. The second-order valence-electron chi connectivity index (χ2n) is 10.9. The Balaban J connectivity index is 1.25. The van der Waals surface area contributed by atoms with E-state index in [1.165, 1.54) is 12.8 Å². The summed E-state index contributed by atoms with van der Waals surface area (Å²) in [7, 11) is 0. The quantitative estimate of drug-likeness (QED) is 0.649. The van der Waals surface area contributed by atoms with Gasteiger partial charge in [0.2, 0.25) is 5.91 Å². The first-order valence-corrected chi connectivity index (χ1v) is 12.9. The summed E-state index contributed by atoms with van der Waals surface area (Å²) in [6, 6.07) is 7.80. The SMILES string of the molecule is Cc1cc(C2=NCc3cc4c(cc32)CN(C2CN(CC3CCCC3)CC(F)(F)C2)C(=O)C4)ccn1. The van der Waals surface area contributed by atoms with Crippen molar-refractivity contribution in [1.82, 2.24) is 14.8 Å². The molecule has 3 aliphatic heterocycles. The first kappa shape index (κ1) is 22.8. The van der Waals surface area contributed by atoms with E-state index >= 15 is 0 Å². The molecule has 2 aromatic rings. The Labute approximate surface area is 205 Å². The van der Waals surface area contributed by atoms with Crippen LogP contribution in [-0.2, 0) is 24.3 Å². The van der Waals surface area contributed by atoms with Gasteiger partial charge in [-0.3, -0.25) is 19.7 Å². The number of alkyl halides is 2. The van der Waals surface area contributed by atoms with Crippen molar-refractivity contribution < 1.29 is 13.6 Å². The minimum atomic E-state index is -2.76. The third-order valence-electron chi connectivity index (χ3n) is 8.15. The van der Waals surface area contributed by atoms with Crippen LogP contribution in [-0.4, -0.2) is 58.0 Å². The number of aromatic nitrogens is 1. The van der Waals surface area contributed by atoms with Crippen LogP contribution in [0, 0.1) is 12.8 Å². The van der Waals surface area contributed by atoms with E-state index in [0.29, 0.717) is 25.6 Å². The first-order chi connectivity index (χ1) is 16.8. The Hall–Kier alpha value is -2.67. The number of amides is 1. The van der Waals surface area contributed by atoms with E-state index in [1.807, 2.05) is 24.0 Å². The maximum Gasteiger partial charge on any atom is 0.262 e. The van der Waals surface area contributed by atoms with E-state index < -0.39 is 12.0 Å². The highest BCUT2D eigenvalue weighted by molar-refractivity contribution is 6.15. The normalized spacial score (nSPS) is 24.4. The van der Waals surface area contributed by atoms with Gasteiger partial charge < -0.3 is 4.90 Å². The summed E-state index contributed by atoms with van der Waals surface area (Å²) >= 11 is 0. The maximum absolute atomic E-state index is 14.8. The molecule has 1 unspecified atom stereocenters. The molecule has 0 radical (unpaired) electrons. The van der Waals surface area contributed by atoms with Crippen LogP contribution in [0.25, 0.3) is 0 Å². The highest BCUT2D eigenvalue weighted by Gasteiger charge is 2.44. The lowest BCUT2D eigenvalue weighted by molar-refractivity contribution is -0.143. The van der Waals surface area contributed by atoms with E-state index in [4.69, 9.17) is 4.99 Å². The van der Waals surface area contributed by atoms with E-state index in [0.717, 1.165) is 58.6 Å². The summed E-state index contributed by atoms with van der Waals surface area (Å²) < 4.78 is 29.6. The van der Waals surface area contributed by atoms with Crippen LogP contribution in [0.2, 0.25) is 0 Å². The summed E-state index contributed by atoms with van der Waals surface area (Å²) in [4.78, 5) is 25.9. The van der Waals surface area contributed by atoms with Crippen LogP contribution in [0.1, 0.15) is 65.6 Å². The summed E-state index contributed by atoms with van der Waals surface area (Å²) in [5, 5.41) is 0. The Morgan fingerprint density at radius 3 is 2.74 bits per heavy atom. The predicted octanol–water partition coefficient (Wildman–Crippen LogP) is 4.53. The molecule has 4 aliphatic rings. The second kappa shape index (κ2) is 8.77. The molecule has 1 aliphatic carbocycles. The van der Waals surface area contributed by atoms with Gasteiger partial charge in [0.25, 0.3) is 5.92 Å². The van der Waals surface area contributed by atoms with Crippen molar-refractivity contribution in [3.05, 3.63) is 64.0 Å². The number of likely N-dealkylation sites (tertiary alicyclic amines) is 1. The van der Waals surface area contributed by atoms with Crippen molar-refractivity contribution in [3.63, 3.8) is 0 Å². The minimum absolute atomic E-state index is 0.0372. The summed E-state index contributed by atoms with van der Waals surface area (Å²) in [5.74, 6) is -2.29. The largest absolute Gasteiger partial charge is 0.334 e. The van der Waals surface area contributed by atoms with Crippen LogP contribution in [0.3, 0.4) is 0 Å². The molecule has 6 rings (SSSR count). The molecule has 2 fully saturated rings. The van der Waals surface area contributed by atoms with E-state index in [-0.39, 0.29) is 25.3 Å². The zero-order valence-corrected chi connectivity index (χ0v) is 20.3. The number of nitrogens with zero attached hydrogens (tertiary/aromatic N) is 4. The van der Waals surface area contributed by atoms with Crippen molar-refractivity contribution in [2.75, 3.05) is 19.6 Å². The molecule has 1 aromatic heterocycles. The Morgan fingerprint density at radius 1 is 1.11 bits per heavy atom. The van der Waals surface area contributed by atoms with Gasteiger partial charge >= 0.3 is 0 Å². The number of fused-ring (bicyclic) bond motifs is 2. The number of benzene rings is 1. The molecular formula is C28H32F2N4O. The molecular weight excluding hydrogens is 446 g/mol. The van der Waals surface area contributed by atoms with Crippen molar-refractivity contribution in [2.45, 2.75) is 70.5 Å². The highest BCUT2D eigenvalue weighted by atomic mass is 19.3. The standard InChI is InChI=1S/C28H32F2N4O/c1-18-8-20(6-7-31-18)27-25-10-23-15-34(26(35)11-21(23)9-22(25)13-32-27)24-12-28(29,30)17-33(16-24)14-19-4-2-3-5-19/h6-10,19,24H,2-5,11-17H2,1H3. The van der Waals surface area contributed by atoms with E-state index in [2.05, 4.69) is 17.1 Å². The lowest BCUT2D eigenvalue weighted by Gasteiger charge is -2.44. The molecule has 7 heteroatoms. The third kappa shape index (κ3) is 4.51. The van der Waals surface area contributed by atoms with Crippen molar-refractivity contribution in [1.29, 1.82) is 0 Å². The maximum atomic E-state index is 14.8. The van der Waals surface area contributed by atoms with E-state index in [9.17, 15) is 13.6 Å². The van der Waals surface area contributed by atoms with Gasteiger partial charge in [-0.1, -0.05) is 18.9 Å². The molecule has 35 heavy (non-hydrogen) atoms. The van der Waals surface area contributed by atoms with Crippen molar-refractivity contribution in [2.24, 2.45) is 10.9 Å². The number of hydrogen-bond donors (Lipinski definition) is 0. The molecule has 5 nitrogen and oxygen atoms in total. The molecule has 1 saturated carbocycles. The number of hydrogen-bond acceptors (Lipinski definition) is 4. The summed E-state index contributed by atoms with van der Waals surface area (Å²) in [6.45, 7) is 4.04. The van der Waals surface area contributed by atoms with Crippen LogP contribution >= 0.6 is 0 Å². The van der Waals surface area contributed by atoms with Gasteiger partial charge in [-0.25, -0.2) is 8.78 Å². The minimum Gasteiger partial charge on any atom is -0.334 e. The predicted molar refractivity (Wildman–Crippen MR) is 131 cm³/mol. The van der Waals surface area contributed by atoms with Crippen LogP contribution < -0.4 is 0 Å². The fourth-order valence-corrected chi connectivity index (χ4v) is 6.53. The molecule has 0 N–H and O–H groups in total. The summed E-state index contributed by atoms with van der Waals surface area (Å²) in [5.41, 5.74) is 7.20. The Morgan fingerprint density at radius 2 is 1.94 bits per heavy atom. The molecule has 1 amide bonds. The van der Waals surface area contributed by atoms with Gasteiger partial charge in [0, 0.05) is 49.1 Å². The number of pyridine rings is 1. The Kier molecular flexibility index (Phi) is 5.71. The highest BCUT2D eigenvalue weighted by Crippen LogP contribution is 2.36. The van der Waals surface area contributed by atoms with Crippen molar-refractivity contribution in [3.8, 4) is 0 Å². The van der Waals surface area contributed by atoms with Gasteiger partial charge in [-0.15, -0.1) is 0 Å². The monoisotopic (exact) mass is 478 g/mol. The fraction of sp³-hybridized carbons (Fsp3) is 0.536. The molecule has 0 spiro atoms. The second-order valence-corrected chi connectivity index (χ2v) is 10.9. The zero-order valence-electron chi connectivity index (χ0n) is 20.3. The number of carbonyl (C=O) groups excluding carboxylic acids is 1. The molecule has 1 saturated heterocycles. The van der Waals surface area contributed by atoms with Crippen LogP contribution in [0.15, 0.2) is 35.5 Å². The van der Waals surface area contributed by atoms with Gasteiger partial charge in [0.05, 0.1) is 31.3 Å². The van der Waals surface area contributed by atoms with Gasteiger partial charge in [-0.2, -0.15) is 0 Å². The van der Waals surface area contributed by atoms with Gasteiger partial charge in [-0.05, 0) is 60.6 Å². The summed E-state index contributed by atoms with van der Waals surface area (Å²) in [6.07, 6.45) is 6.50. The fourth-order valence-electron chi connectivity index (χ4n) is 6.53. The zero-order chi connectivity index (χ0) is 24.2. The van der Waals surface area contributed by atoms with Crippen LogP contribution in [0.4, 0.5) is 8.78 Å². The van der Waals surface area contributed by atoms with E-state index in [1.54, 1.807) is 11.1 Å². The average Bonchev–Trinajstić information content (AvgIpc) is 3.45. The average molecular weight is 479 g/mol. The topological polar surface area (TPSA) is 48.8 Å². The van der Waals surface area contributed by atoms with Gasteiger partial charge in [0.1, 0.15) is 0 Å². The number of carbonyl (C=O) groups is 1. The third-order valence-corrected chi connectivity index (χ3v) is 8.15. The molecule has 4 heterocycles. The number of piperidine rings is 1.